The van der Waals surface area contributed by atoms with E-state index >= 15 is 0 Å². The van der Waals surface area contributed by atoms with Crippen molar-refractivity contribution in [2.45, 2.75) is 266 Å². The molecule has 40 nitrogen and oxygen atoms in total. The lowest BCUT2D eigenvalue weighted by Gasteiger charge is -2.30. The van der Waals surface area contributed by atoms with Crippen molar-refractivity contribution in [3.8, 4) is 11.5 Å². The molecule has 0 heterocycles. The highest BCUT2D eigenvalue weighted by Gasteiger charge is 2.38. The first-order valence-electron chi connectivity index (χ1n) is 41.3. The van der Waals surface area contributed by atoms with Crippen LogP contribution in [-0.4, -0.2) is 230 Å². The number of rotatable bonds is 65. The van der Waals surface area contributed by atoms with Crippen LogP contribution in [0.1, 0.15) is 192 Å². The molecular weight excluding hydrogens is 1530 g/mol. The van der Waals surface area contributed by atoms with Gasteiger partial charge in [-0.1, -0.05) is 44.5 Å². The van der Waals surface area contributed by atoms with Gasteiger partial charge in [0.2, 0.25) is 65.0 Å². The summed E-state index contributed by atoms with van der Waals surface area (Å²) in [5, 5.41) is 60.4. The maximum Gasteiger partial charge on any atom is 0.326 e. The molecule has 40 heteroatoms. The zero-order chi connectivity index (χ0) is 87.9. The molecule has 2 aromatic rings. The smallest absolute Gasteiger partial charge is 0.326 e. The van der Waals surface area contributed by atoms with Gasteiger partial charge in [0, 0.05) is 25.9 Å². The van der Waals surface area contributed by atoms with Crippen LogP contribution in [-0.2, 0) is 70.4 Å². The Morgan fingerprint density at radius 2 is 0.542 bits per heavy atom. The quantitative estimate of drug-likeness (QED) is 0.0169. The summed E-state index contributed by atoms with van der Waals surface area (Å²) in [6, 6.07) is -4.63. The lowest BCUT2D eigenvalue weighted by molar-refractivity contribution is -0.142. The average molecular weight is 1670 g/mol. The van der Waals surface area contributed by atoms with E-state index in [1.807, 2.05) is 0 Å². The number of carboxylic acids is 1. The van der Waals surface area contributed by atoms with Gasteiger partial charge in [0.15, 0.2) is 11.9 Å². The number of aromatic hydroxyl groups is 2. The Balaban J connectivity index is 2.67. The summed E-state index contributed by atoms with van der Waals surface area (Å²) >= 11 is 0. The standard InChI is InChI=1S/C78H139N25O15/c1-3-48(2)64(103-72(113)60(28-19-45-92-78(89)90)98-73(114)63(47-50-31-35-52(105)36-32-50)102-74(115)62(46-49-29-33-51(104)34-30-49)101-65(106)53(86)20-18-44-91-77(87)88)75(116)99-59(26-9-16-42-84)70(111)96-57(24-7-14-40-82)68(109)94-55(22-5-12-38-80)66(107)93-54(21-4-11-37-79)67(108)95-56(23-6-13-39-81)69(110)97-58(25-8-15-41-83)71(112)100-61(76(117)118)27-10-17-43-85/h29-36,48,53-64,104-105H,3-28,37-47,79-86H2,1-2H3,(H,93,107)(H,94,109)(H,95,108)(H,96,111)(H,97,110)(H,98,114)(H,99,116)(H,100,112)(H,101,106)(H,102,115)(H,103,113)(H,117,118)(H4,87,88,91)(H4,89,90,92)/t48?,53-,54-,55-,56-,57-,58-,59-,60-,61-,62-,63-,64-/m0/s1. The molecule has 0 aromatic heterocycles. The Bertz CT molecular complexity index is 3410. The predicted octanol–water partition coefficient (Wildman–Crippen LogP) is -4.32. The van der Waals surface area contributed by atoms with Gasteiger partial charge in [0.25, 0.3) is 0 Å². The van der Waals surface area contributed by atoms with Crippen LogP contribution in [0.3, 0.4) is 0 Å². The van der Waals surface area contributed by atoms with Crippen LogP contribution in [0, 0.1) is 5.92 Å². The molecule has 118 heavy (non-hydrogen) atoms. The molecular formula is C78H139N25O15. The van der Waals surface area contributed by atoms with Crippen molar-refractivity contribution in [2.75, 3.05) is 58.9 Å². The fraction of sp³-hybridized carbons (Fsp3) is 0.667. The number of carboxylic acid groups (broad SMARTS) is 1. The summed E-state index contributed by atoms with van der Waals surface area (Å²) in [7, 11) is 0. The molecule has 0 fully saturated rings. The van der Waals surface area contributed by atoms with E-state index in [2.05, 4.69) is 68.5 Å². The molecule has 0 bridgehead atoms. The molecule has 0 radical (unpaired) electrons. The van der Waals surface area contributed by atoms with Crippen molar-refractivity contribution < 1.29 is 72.9 Å². The molecule has 0 aliphatic heterocycles. The van der Waals surface area contributed by atoms with Gasteiger partial charge >= 0.3 is 5.97 Å². The van der Waals surface area contributed by atoms with E-state index in [-0.39, 0.29) is 166 Å². The minimum atomic E-state index is -1.51. The second kappa shape index (κ2) is 60.4. The van der Waals surface area contributed by atoms with Crippen molar-refractivity contribution in [3.63, 3.8) is 0 Å². The molecule has 38 N–H and O–H groups in total. The maximum atomic E-state index is 15.0. The number of carbonyl (C=O) groups is 12. The van der Waals surface area contributed by atoms with E-state index < -0.39 is 149 Å². The Morgan fingerprint density at radius 1 is 0.314 bits per heavy atom. The van der Waals surface area contributed by atoms with Crippen molar-refractivity contribution in [1.82, 2.24) is 58.5 Å². The first-order chi connectivity index (χ1) is 56.4. The number of phenolic OH excluding ortho intramolecular Hbond substituents is 2. The van der Waals surface area contributed by atoms with Crippen LogP contribution in [0.4, 0.5) is 0 Å². The number of aliphatic carboxylic acids is 1. The fourth-order valence-corrected chi connectivity index (χ4v) is 12.6. The molecule has 0 spiro atoms. The zero-order valence-corrected chi connectivity index (χ0v) is 68.9. The number of nitrogens with one attached hydrogen (secondary N) is 11. The molecule has 0 aliphatic carbocycles. The lowest BCUT2D eigenvalue weighted by Crippen LogP contribution is -2.61. The van der Waals surface area contributed by atoms with Gasteiger partial charge in [-0.2, -0.15) is 0 Å². The normalized spacial score (nSPS) is 14.5. The molecule has 666 valence electrons. The number of phenols is 2. The molecule has 11 amide bonds. The van der Waals surface area contributed by atoms with Crippen LogP contribution >= 0.6 is 0 Å². The van der Waals surface area contributed by atoms with Gasteiger partial charge in [0.05, 0.1) is 6.04 Å². The Hall–Kier alpha value is -10.1. The number of amides is 11. The van der Waals surface area contributed by atoms with Gasteiger partial charge in [-0.15, -0.1) is 0 Å². The molecule has 1 unspecified atom stereocenters. The van der Waals surface area contributed by atoms with Crippen LogP contribution in [0.15, 0.2) is 58.5 Å². The molecule has 2 rings (SSSR count). The fourth-order valence-electron chi connectivity index (χ4n) is 12.6. The number of benzene rings is 2. The summed E-state index contributed by atoms with van der Waals surface area (Å²) in [5.74, 6) is -11.5. The maximum absolute atomic E-state index is 15.0. The summed E-state index contributed by atoms with van der Waals surface area (Å²) in [6.45, 7) is 5.23. The Labute approximate surface area is 692 Å². The summed E-state index contributed by atoms with van der Waals surface area (Å²) in [5.41, 5.74) is 70.3. The largest absolute Gasteiger partial charge is 0.508 e. The SMILES string of the molecule is CCC(C)[C@H](NC(=O)[C@H](CCCN=C(N)N)NC(=O)[C@H](Cc1ccc(O)cc1)NC(=O)[C@H](Cc1ccc(O)cc1)NC(=O)[C@@H](N)CCCN=C(N)N)C(=O)N[C@@H](CCCCN)C(=O)N[C@@H](CCCCN)C(=O)N[C@@H](CCCCN)C(=O)N[C@@H](CCCCN)C(=O)N[C@@H](CCCCN)C(=O)N[C@@H](CCCCN)C(=O)N[C@@H](CCCCN)C(=O)O. The number of guanidine groups is 2. The number of nitrogens with two attached hydrogens (primary N) is 12. The van der Waals surface area contributed by atoms with Gasteiger partial charge in [-0.25, -0.2) is 4.79 Å². The third kappa shape index (κ3) is 42.9. The first-order valence-corrected chi connectivity index (χ1v) is 41.3. The predicted molar refractivity (Wildman–Crippen MR) is 450 cm³/mol. The van der Waals surface area contributed by atoms with E-state index in [0.29, 0.717) is 108 Å². The number of aliphatic imine (C=N–C) groups is 2. The minimum Gasteiger partial charge on any atom is -0.508 e. The molecule has 2 aromatic carbocycles. The molecule has 0 saturated heterocycles. The Morgan fingerprint density at radius 3 is 0.814 bits per heavy atom. The lowest BCUT2D eigenvalue weighted by atomic mass is 9.96. The third-order valence-corrected chi connectivity index (χ3v) is 19.7. The van der Waals surface area contributed by atoms with Crippen LogP contribution in [0.2, 0.25) is 0 Å². The highest BCUT2D eigenvalue weighted by Crippen LogP contribution is 2.19. The van der Waals surface area contributed by atoms with Crippen molar-refractivity contribution in [2.24, 2.45) is 84.7 Å². The molecule has 0 saturated carbocycles. The molecule has 13 atom stereocenters. The van der Waals surface area contributed by atoms with E-state index in [1.54, 1.807) is 13.8 Å². The van der Waals surface area contributed by atoms with Gasteiger partial charge < -0.3 is 143 Å². The van der Waals surface area contributed by atoms with Crippen molar-refractivity contribution in [1.29, 1.82) is 0 Å². The second-order valence-electron chi connectivity index (χ2n) is 29.6. The van der Waals surface area contributed by atoms with Crippen LogP contribution < -0.4 is 127 Å². The zero-order valence-electron chi connectivity index (χ0n) is 68.9. The number of hydrogen-bond donors (Lipinski definition) is 26. The number of nitrogens with zero attached hydrogens (tertiary/aromatic N) is 2. The number of carbonyl (C=O) groups excluding carboxylic acids is 11. The van der Waals surface area contributed by atoms with E-state index in [1.165, 1.54) is 48.5 Å². The highest BCUT2D eigenvalue weighted by atomic mass is 16.4. The monoisotopic (exact) mass is 1670 g/mol. The third-order valence-electron chi connectivity index (χ3n) is 19.7. The second-order valence-corrected chi connectivity index (χ2v) is 29.6. The average Bonchev–Trinajstić information content (AvgIpc) is 0.845. The highest BCUT2D eigenvalue weighted by molar-refractivity contribution is 5.99. The van der Waals surface area contributed by atoms with Gasteiger partial charge in [0.1, 0.15) is 78.0 Å². The first kappa shape index (κ1) is 104. The summed E-state index contributed by atoms with van der Waals surface area (Å²) in [4.78, 5) is 181. The number of unbranched alkanes of at least 4 members (excludes halogenated alkanes) is 7. The summed E-state index contributed by atoms with van der Waals surface area (Å²) < 4.78 is 0. The summed E-state index contributed by atoms with van der Waals surface area (Å²) in [6.07, 6.45) is 5.75. The molecule has 0 aliphatic rings. The van der Waals surface area contributed by atoms with E-state index in [4.69, 9.17) is 68.8 Å². The minimum absolute atomic E-state index is 0.00685. The number of hydrogen-bond acceptors (Lipinski definition) is 24. The van der Waals surface area contributed by atoms with Crippen LogP contribution in [0.5, 0.6) is 11.5 Å². The van der Waals surface area contributed by atoms with Crippen molar-refractivity contribution in [3.05, 3.63) is 59.7 Å². The van der Waals surface area contributed by atoms with Gasteiger partial charge in [-0.3, -0.25) is 62.7 Å². The Kier molecular flexibility index (Phi) is 53.2. The topological polar surface area (TPSA) is 735 Å². The van der Waals surface area contributed by atoms with Gasteiger partial charge in [-0.05, 0) is 248 Å². The van der Waals surface area contributed by atoms with Crippen LogP contribution in [0.25, 0.3) is 0 Å². The van der Waals surface area contributed by atoms with E-state index in [0.717, 1.165) is 0 Å². The van der Waals surface area contributed by atoms with E-state index in [9.17, 15) is 72.9 Å². The van der Waals surface area contributed by atoms with Crippen molar-refractivity contribution >= 4 is 82.9 Å².